The van der Waals surface area contributed by atoms with Crippen LogP contribution in [0.1, 0.15) is 5.56 Å². The lowest BCUT2D eigenvalue weighted by molar-refractivity contribution is -0.123. The standard InChI is InChI=1S/C18H15N5O5S/c1-29(26,27)14-4-2-3-12(15(14)16-20-22-23-21-16)11-7-5-10(6-8-11)9-13-17(24)19-18(25)28-13/h2-8,13H,9H2,1H3,(H,19,24,25)(H,20,21,22,23). The second kappa shape index (κ2) is 7.09. The van der Waals surface area contributed by atoms with E-state index in [-0.39, 0.29) is 17.1 Å². The summed E-state index contributed by atoms with van der Waals surface area (Å²) in [6.45, 7) is 0. The Bertz CT molecular complexity index is 1190. The van der Waals surface area contributed by atoms with Crippen molar-refractivity contribution in [3.8, 4) is 22.5 Å². The molecule has 0 saturated carbocycles. The number of hydrogen-bond acceptors (Lipinski definition) is 8. The minimum atomic E-state index is -3.54. The van der Waals surface area contributed by atoms with Crippen molar-refractivity contribution < 1.29 is 22.7 Å². The van der Waals surface area contributed by atoms with E-state index in [1.807, 2.05) is 0 Å². The maximum Gasteiger partial charge on any atom is 0.414 e. The number of alkyl carbamates (subject to hydrolysis) is 1. The van der Waals surface area contributed by atoms with Crippen LogP contribution in [0.4, 0.5) is 4.79 Å². The predicted molar refractivity (Wildman–Crippen MR) is 100 cm³/mol. The van der Waals surface area contributed by atoms with Crippen LogP contribution in [-0.4, -0.2) is 53.4 Å². The summed E-state index contributed by atoms with van der Waals surface area (Å²) in [5, 5.41) is 15.8. The van der Waals surface area contributed by atoms with Gasteiger partial charge in [-0.1, -0.05) is 36.4 Å². The van der Waals surface area contributed by atoms with Crippen LogP contribution < -0.4 is 5.32 Å². The number of rotatable bonds is 5. The number of nitrogens with one attached hydrogen (secondary N) is 2. The summed E-state index contributed by atoms with van der Waals surface area (Å²) < 4.78 is 29.5. The highest BCUT2D eigenvalue weighted by Crippen LogP contribution is 2.35. The lowest BCUT2D eigenvalue weighted by atomic mass is 9.97. The monoisotopic (exact) mass is 413 g/mol. The molecule has 1 fully saturated rings. The number of cyclic esters (lactones) is 1. The zero-order valence-electron chi connectivity index (χ0n) is 15.1. The molecule has 0 aliphatic carbocycles. The Kier molecular flexibility index (Phi) is 4.59. The van der Waals surface area contributed by atoms with Crippen molar-refractivity contribution in [2.24, 2.45) is 0 Å². The van der Waals surface area contributed by atoms with Gasteiger partial charge >= 0.3 is 6.09 Å². The van der Waals surface area contributed by atoms with Crippen LogP contribution in [0, 0.1) is 0 Å². The molecule has 3 aromatic rings. The number of carbonyl (C=O) groups excluding carboxylic acids is 2. The third-order valence-electron chi connectivity index (χ3n) is 4.45. The first-order valence-corrected chi connectivity index (χ1v) is 10.4. The zero-order valence-corrected chi connectivity index (χ0v) is 15.9. The van der Waals surface area contributed by atoms with Crippen LogP contribution in [0.15, 0.2) is 47.4 Å². The van der Waals surface area contributed by atoms with E-state index in [0.29, 0.717) is 11.1 Å². The number of imide groups is 1. The molecule has 1 unspecified atom stereocenters. The summed E-state index contributed by atoms with van der Waals surface area (Å²) in [6.07, 6.45) is -0.262. The second-order valence-corrected chi connectivity index (χ2v) is 8.45. The van der Waals surface area contributed by atoms with Crippen molar-refractivity contribution in [1.29, 1.82) is 0 Å². The van der Waals surface area contributed by atoms with Crippen molar-refractivity contribution in [2.75, 3.05) is 6.26 Å². The third-order valence-corrected chi connectivity index (χ3v) is 5.59. The summed E-state index contributed by atoms with van der Waals surface area (Å²) in [7, 11) is -3.54. The van der Waals surface area contributed by atoms with E-state index in [1.54, 1.807) is 36.4 Å². The molecule has 0 radical (unpaired) electrons. The minimum Gasteiger partial charge on any atom is -0.435 e. The fourth-order valence-corrected chi connectivity index (χ4v) is 4.04. The van der Waals surface area contributed by atoms with Gasteiger partial charge in [-0.15, -0.1) is 10.2 Å². The number of aromatic nitrogens is 4. The Balaban J connectivity index is 1.72. The highest BCUT2D eigenvalue weighted by molar-refractivity contribution is 7.90. The number of ether oxygens (including phenoxy) is 1. The van der Waals surface area contributed by atoms with Crippen LogP contribution in [0.25, 0.3) is 22.5 Å². The molecular formula is C18H15N5O5S. The Morgan fingerprint density at radius 3 is 2.45 bits per heavy atom. The van der Waals surface area contributed by atoms with E-state index in [9.17, 15) is 18.0 Å². The summed E-state index contributed by atoms with van der Waals surface area (Å²) in [4.78, 5) is 22.9. The van der Waals surface area contributed by atoms with Gasteiger partial charge in [0.2, 0.25) is 5.82 Å². The molecule has 11 heteroatoms. The van der Waals surface area contributed by atoms with E-state index in [0.717, 1.165) is 17.4 Å². The van der Waals surface area contributed by atoms with Gasteiger partial charge in [0.15, 0.2) is 15.9 Å². The van der Waals surface area contributed by atoms with Gasteiger partial charge in [0.1, 0.15) is 0 Å². The number of aromatic amines is 1. The highest BCUT2D eigenvalue weighted by atomic mass is 32.2. The predicted octanol–water partition coefficient (Wildman–Crippen LogP) is 1.11. The zero-order chi connectivity index (χ0) is 20.6. The molecule has 2 aromatic carbocycles. The van der Waals surface area contributed by atoms with Crippen LogP contribution in [0.5, 0.6) is 0 Å². The topological polar surface area (TPSA) is 144 Å². The number of H-pyrrole nitrogens is 1. The van der Waals surface area contributed by atoms with Gasteiger partial charge in [-0.3, -0.25) is 10.1 Å². The molecule has 10 nitrogen and oxygen atoms in total. The average molecular weight is 413 g/mol. The highest BCUT2D eigenvalue weighted by Gasteiger charge is 2.32. The Morgan fingerprint density at radius 1 is 1.10 bits per heavy atom. The molecule has 1 atom stereocenters. The average Bonchev–Trinajstić information content (AvgIpc) is 3.31. The number of carbonyl (C=O) groups is 2. The van der Waals surface area contributed by atoms with E-state index in [2.05, 4.69) is 25.9 Å². The molecular weight excluding hydrogens is 398 g/mol. The second-order valence-electron chi connectivity index (χ2n) is 6.47. The summed E-state index contributed by atoms with van der Waals surface area (Å²) >= 11 is 0. The number of sulfone groups is 1. The molecule has 1 aliphatic heterocycles. The number of nitrogens with zero attached hydrogens (tertiary/aromatic N) is 3. The quantitative estimate of drug-likeness (QED) is 0.633. The van der Waals surface area contributed by atoms with E-state index in [1.165, 1.54) is 6.07 Å². The normalized spacial score (nSPS) is 16.5. The van der Waals surface area contributed by atoms with Crippen molar-refractivity contribution in [3.05, 3.63) is 48.0 Å². The fraction of sp³-hybridized carbons (Fsp3) is 0.167. The molecule has 0 bridgehead atoms. The van der Waals surface area contributed by atoms with Gasteiger partial charge in [0, 0.05) is 18.2 Å². The molecule has 4 rings (SSSR count). The molecule has 148 valence electrons. The van der Waals surface area contributed by atoms with E-state index < -0.39 is 27.9 Å². The molecule has 1 aliphatic rings. The Labute approximate surface area is 165 Å². The Hall–Kier alpha value is -3.60. The molecule has 2 heterocycles. The van der Waals surface area contributed by atoms with Crippen molar-refractivity contribution >= 4 is 21.8 Å². The van der Waals surface area contributed by atoms with Crippen molar-refractivity contribution in [3.63, 3.8) is 0 Å². The van der Waals surface area contributed by atoms with E-state index >= 15 is 0 Å². The van der Waals surface area contributed by atoms with Crippen LogP contribution in [0.3, 0.4) is 0 Å². The summed E-state index contributed by atoms with van der Waals surface area (Å²) in [5.41, 5.74) is 2.47. The van der Waals surface area contributed by atoms with Crippen LogP contribution in [0.2, 0.25) is 0 Å². The van der Waals surface area contributed by atoms with Crippen molar-refractivity contribution in [1.82, 2.24) is 25.9 Å². The number of benzene rings is 2. The molecule has 1 aromatic heterocycles. The molecule has 0 spiro atoms. The molecule has 29 heavy (non-hydrogen) atoms. The van der Waals surface area contributed by atoms with Gasteiger partial charge < -0.3 is 4.74 Å². The first-order chi connectivity index (χ1) is 13.8. The number of tetrazole rings is 1. The van der Waals surface area contributed by atoms with E-state index in [4.69, 9.17) is 4.74 Å². The maximum absolute atomic E-state index is 12.3. The van der Waals surface area contributed by atoms with Gasteiger partial charge in [-0.25, -0.2) is 13.2 Å². The van der Waals surface area contributed by atoms with Gasteiger partial charge in [0.05, 0.1) is 4.90 Å². The maximum atomic E-state index is 12.3. The molecule has 1 saturated heterocycles. The largest absolute Gasteiger partial charge is 0.435 e. The SMILES string of the molecule is CS(=O)(=O)c1cccc(-c2ccc(CC3OC(=O)NC3=O)cc2)c1-c1nn[nH]n1. The minimum absolute atomic E-state index is 0.0926. The van der Waals surface area contributed by atoms with Gasteiger partial charge in [-0.2, -0.15) is 5.21 Å². The first-order valence-electron chi connectivity index (χ1n) is 8.50. The molecule has 2 amide bonds. The van der Waals surface area contributed by atoms with Crippen molar-refractivity contribution in [2.45, 2.75) is 17.4 Å². The number of hydrogen-bond donors (Lipinski definition) is 2. The Morgan fingerprint density at radius 2 is 1.86 bits per heavy atom. The van der Waals surface area contributed by atoms with Crippen LogP contribution >= 0.6 is 0 Å². The third kappa shape index (κ3) is 3.72. The number of amides is 2. The van der Waals surface area contributed by atoms with Gasteiger partial charge in [-0.05, 0) is 28.0 Å². The van der Waals surface area contributed by atoms with Gasteiger partial charge in [0.25, 0.3) is 5.91 Å². The lowest BCUT2D eigenvalue weighted by Gasteiger charge is -2.12. The summed E-state index contributed by atoms with van der Waals surface area (Å²) in [6, 6.07) is 12.0. The van der Waals surface area contributed by atoms with Crippen LogP contribution in [-0.2, 0) is 25.8 Å². The smallest absolute Gasteiger partial charge is 0.414 e. The molecule has 2 N–H and O–H groups in total. The fourth-order valence-electron chi connectivity index (χ4n) is 3.14. The lowest BCUT2D eigenvalue weighted by Crippen LogP contribution is -2.25. The first kappa shape index (κ1) is 18.7. The summed E-state index contributed by atoms with van der Waals surface area (Å²) in [5.74, 6) is -0.307.